The molecule has 0 saturated heterocycles. The first-order valence-corrected chi connectivity index (χ1v) is 8.57. The Hall–Kier alpha value is -2.55. The Labute approximate surface area is 152 Å². The molecular formula is C22H31FN2. The van der Waals surface area contributed by atoms with Gasteiger partial charge in [0, 0.05) is 11.8 Å². The number of rotatable bonds is 4. The smallest absolute Gasteiger partial charge is 0.0890 e. The summed E-state index contributed by atoms with van der Waals surface area (Å²) < 4.78 is 9.50. The van der Waals surface area contributed by atoms with Gasteiger partial charge < -0.3 is 0 Å². The van der Waals surface area contributed by atoms with Crippen molar-refractivity contribution in [2.24, 2.45) is 4.99 Å². The van der Waals surface area contributed by atoms with Crippen LogP contribution in [0.5, 0.6) is 0 Å². The first-order chi connectivity index (χ1) is 12.3. The summed E-state index contributed by atoms with van der Waals surface area (Å²) in [4.78, 5) is 8.97. The molecule has 2 aromatic rings. The normalized spacial score (nSPS) is 9.64. The minimum Gasteiger partial charge on any atom is -0.255 e. The zero-order valence-electron chi connectivity index (χ0n) is 16.3. The van der Waals surface area contributed by atoms with Gasteiger partial charge >= 0.3 is 0 Å². The predicted molar refractivity (Wildman–Crippen MR) is 112 cm³/mol. The van der Waals surface area contributed by atoms with Crippen molar-refractivity contribution in [2.45, 2.75) is 34.6 Å². The lowest BCUT2D eigenvalue weighted by molar-refractivity contribution is 0.636. The Morgan fingerprint density at radius 2 is 1.56 bits per heavy atom. The summed E-state index contributed by atoms with van der Waals surface area (Å²) in [6.07, 6.45) is 5.27. The van der Waals surface area contributed by atoms with Gasteiger partial charge in [0.2, 0.25) is 0 Å². The summed E-state index contributed by atoms with van der Waals surface area (Å²) in [7, 11) is 0.500. The van der Waals surface area contributed by atoms with Crippen molar-refractivity contribution in [3.63, 3.8) is 0 Å². The average molecular weight is 343 g/mol. The molecule has 0 amide bonds. The van der Waals surface area contributed by atoms with Crippen molar-refractivity contribution in [1.29, 1.82) is 0 Å². The molecular weight excluding hydrogens is 311 g/mol. The van der Waals surface area contributed by atoms with E-state index in [0.717, 1.165) is 22.6 Å². The minimum atomic E-state index is 0.500. The Morgan fingerprint density at radius 3 is 2.08 bits per heavy atom. The molecule has 2 rings (SSSR count). The van der Waals surface area contributed by atoms with Gasteiger partial charge in [-0.2, -0.15) is 0 Å². The lowest BCUT2D eigenvalue weighted by atomic mass is 10.1. The van der Waals surface area contributed by atoms with Gasteiger partial charge in [0.15, 0.2) is 0 Å². The number of hydrogen-bond acceptors (Lipinski definition) is 2. The van der Waals surface area contributed by atoms with Gasteiger partial charge in [-0.25, -0.2) is 4.98 Å². The van der Waals surface area contributed by atoms with Gasteiger partial charge in [-0.3, -0.25) is 9.38 Å². The SMILES string of the molecule is C=CC=N/C(=C\C)c1cccc(-c2ccccc2)n1.CC.CC.CF. The number of nitrogens with zero attached hydrogens (tertiary/aromatic N) is 2. The molecule has 0 unspecified atom stereocenters. The second-order valence-electron chi connectivity index (χ2n) is 3.96. The maximum absolute atomic E-state index is 9.50. The van der Waals surface area contributed by atoms with E-state index in [1.165, 1.54) is 0 Å². The first-order valence-electron chi connectivity index (χ1n) is 8.57. The second-order valence-corrected chi connectivity index (χ2v) is 3.96. The molecule has 0 bridgehead atoms. The number of pyridine rings is 1. The quantitative estimate of drug-likeness (QED) is 0.549. The van der Waals surface area contributed by atoms with Gasteiger partial charge in [0.25, 0.3) is 0 Å². The van der Waals surface area contributed by atoms with Gasteiger partial charge in [-0.05, 0) is 19.1 Å². The number of benzene rings is 1. The molecule has 0 aliphatic carbocycles. The van der Waals surface area contributed by atoms with E-state index in [1.807, 2.05) is 77.1 Å². The topological polar surface area (TPSA) is 25.2 Å². The van der Waals surface area contributed by atoms with Crippen LogP contribution in [0.15, 0.2) is 72.3 Å². The molecule has 1 aromatic heterocycles. The highest BCUT2D eigenvalue weighted by atomic mass is 19.1. The summed E-state index contributed by atoms with van der Waals surface area (Å²) in [6.45, 7) is 13.6. The average Bonchev–Trinajstić information content (AvgIpc) is 2.74. The Morgan fingerprint density at radius 1 is 0.960 bits per heavy atom. The second kappa shape index (κ2) is 17.8. The van der Waals surface area contributed by atoms with Crippen molar-refractivity contribution in [1.82, 2.24) is 4.98 Å². The number of allylic oxidation sites excluding steroid dienone is 2. The summed E-state index contributed by atoms with van der Waals surface area (Å²) in [5.74, 6) is 0. The van der Waals surface area contributed by atoms with Gasteiger partial charge in [0.1, 0.15) is 0 Å². The molecule has 0 N–H and O–H groups in total. The lowest BCUT2D eigenvalue weighted by Crippen LogP contribution is -1.90. The molecule has 0 saturated carbocycles. The molecule has 3 heteroatoms. The van der Waals surface area contributed by atoms with E-state index < -0.39 is 0 Å². The van der Waals surface area contributed by atoms with Crippen LogP contribution in [-0.4, -0.2) is 18.4 Å². The van der Waals surface area contributed by atoms with E-state index in [1.54, 1.807) is 12.3 Å². The van der Waals surface area contributed by atoms with Crippen LogP contribution in [0.1, 0.15) is 40.3 Å². The van der Waals surface area contributed by atoms with E-state index in [2.05, 4.69) is 28.7 Å². The lowest BCUT2D eigenvalue weighted by Gasteiger charge is -2.04. The molecule has 0 spiro atoms. The first kappa shape index (κ1) is 24.7. The fourth-order valence-corrected chi connectivity index (χ4v) is 1.77. The van der Waals surface area contributed by atoms with Crippen LogP contribution in [-0.2, 0) is 0 Å². The third-order valence-electron chi connectivity index (χ3n) is 2.67. The molecule has 0 fully saturated rings. The number of halogens is 1. The number of aromatic nitrogens is 1. The van der Waals surface area contributed by atoms with E-state index in [4.69, 9.17) is 0 Å². The van der Waals surface area contributed by atoms with Crippen LogP contribution in [0, 0.1) is 0 Å². The standard InChI is InChI=1S/C17H16N2.2C2H6.CH3F/c1-3-13-18-15(4-2)17-12-8-11-16(19-17)14-9-6-5-7-10-14;3*1-2/h3-13H,1H2,2H3;2*1-2H3;1H3/b15-4-,18-13?;;;. The van der Waals surface area contributed by atoms with Crippen LogP contribution < -0.4 is 0 Å². The molecule has 2 nitrogen and oxygen atoms in total. The highest BCUT2D eigenvalue weighted by Crippen LogP contribution is 2.20. The van der Waals surface area contributed by atoms with Crippen molar-refractivity contribution in [2.75, 3.05) is 7.18 Å². The van der Waals surface area contributed by atoms with E-state index in [0.29, 0.717) is 7.18 Å². The molecule has 0 atom stereocenters. The monoisotopic (exact) mass is 342 g/mol. The number of alkyl halides is 1. The molecule has 1 heterocycles. The minimum absolute atomic E-state index is 0.500. The molecule has 0 aliphatic rings. The molecule has 1 aromatic carbocycles. The van der Waals surface area contributed by atoms with Crippen molar-refractivity contribution >= 4 is 11.9 Å². The summed E-state index contributed by atoms with van der Waals surface area (Å²) in [5, 5.41) is 0. The zero-order valence-corrected chi connectivity index (χ0v) is 16.3. The summed E-state index contributed by atoms with van der Waals surface area (Å²) in [6, 6.07) is 16.1. The van der Waals surface area contributed by atoms with Crippen molar-refractivity contribution in [3.05, 3.63) is 73.0 Å². The van der Waals surface area contributed by atoms with Crippen LogP contribution in [0.4, 0.5) is 4.39 Å². The number of hydrogen-bond donors (Lipinski definition) is 0. The van der Waals surface area contributed by atoms with E-state index >= 15 is 0 Å². The van der Waals surface area contributed by atoms with Crippen LogP contribution in [0.2, 0.25) is 0 Å². The molecule has 0 radical (unpaired) electrons. The Bertz CT molecular complexity index is 617. The van der Waals surface area contributed by atoms with Gasteiger partial charge in [-0.15, -0.1) is 0 Å². The third kappa shape index (κ3) is 9.36. The Kier molecular flexibility index (Phi) is 17.6. The highest BCUT2D eigenvalue weighted by molar-refractivity contribution is 5.79. The summed E-state index contributed by atoms with van der Waals surface area (Å²) in [5.41, 5.74) is 3.76. The van der Waals surface area contributed by atoms with E-state index in [9.17, 15) is 4.39 Å². The van der Waals surface area contributed by atoms with Crippen LogP contribution in [0.3, 0.4) is 0 Å². The largest absolute Gasteiger partial charge is 0.255 e. The number of aliphatic imine (C=N–C) groups is 1. The fraction of sp³-hybridized carbons (Fsp3) is 0.273. The van der Waals surface area contributed by atoms with E-state index in [-0.39, 0.29) is 0 Å². The Balaban J connectivity index is 0. The predicted octanol–water partition coefficient (Wildman–Crippen LogP) is 7.00. The molecule has 0 aliphatic heterocycles. The van der Waals surface area contributed by atoms with Crippen LogP contribution >= 0.6 is 0 Å². The van der Waals surface area contributed by atoms with Gasteiger partial charge in [0.05, 0.1) is 24.3 Å². The molecule has 25 heavy (non-hydrogen) atoms. The zero-order chi connectivity index (χ0) is 19.5. The maximum Gasteiger partial charge on any atom is 0.0890 e. The summed E-state index contributed by atoms with van der Waals surface area (Å²) >= 11 is 0. The molecule has 136 valence electrons. The van der Waals surface area contributed by atoms with Gasteiger partial charge in [-0.1, -0.05) is 82.8 Å². The maximum atomic E-state index is 9.50. The van der Waals surface area contributed by atoms with Crippen LogP contribution in [0.25, 0.3) is 17.0 Å². The highest BCUT2D eigenvalue weighted by Gasteiger charge is 2.03. The fourth-order valence-electron chi connectivity index (χ4n) is 1.77. The van der Waals surface area contributed by atoms with Crippen molar-refractivity contribution in [3.8, 4) is 11.3 Å². The van der Waals surface area contributed by atoms with Crippen molar-refractivity contribution < 1.29 is 4.39 Å². The third-order valence-corrected chi connectivity index (χ3v) is 2.67.